The second kappa shape index (κ2) is 7.22. The molecule has 1 rings (SSSR count). The molecule has 114 valence electrons. The summed E-state index contributed by atoms with van der Waals surface area (Å²) in [6, 6.07) is 6.55. The lowest BCUT2D eigenvalue weighted by Gasteiger charge is -2.18. The highest BCUT2D eigenvalue weighted by Crippen LogP contribution is 2.15. The van der Waals surface area contributed by atoms with Gasteiger partial charge in [-0.15, -0.1) is 6.58 Å². The lowest BCUT2D eigenvalue weighted by Crippen LogP contribution is -2.30. The summed E-state index contributed by atoms with van der Waals surface area (Å²) in [5.74, 6) is -0.985. The van der Waals surface area contributed by atoms with Crippen LogP contribution in [-0.2, 0) is 9.16 Å². The molecule has 0 saturated carbocycles. The van der Waals surface area contributed by atoms with Gasteiger partial charge in [0, 0.05) is 6.42 Å². The zero-order chi connectivity index (χ0) is 16.0. The number of hydrogen-bond acceptors (Lipinski definition) is 4. The fourth-order valence-corrected chi connectivity index (χ4v) is 2.23. The van der Waals surface area contributed by atoms with E-state index < -0.39 is 20.3 Å². The Morgan fingerprint density at radius 1 is 1.10 bits per heavy atom. The van der Waals surface area contributed by atoms with Gasteiger partial charge < -0.3 is 9.16 Å². The van der Waals surface area contributed by atoms with E-state index in [-0.39, 0.29) is 17.7 Å². The number of benzene rings is 1. The molecule has 4 nitrogen and oxygen atoms in total. The average Bonchev–Trinajstić information content (AvgIpc) is 2.36. The molecule has 0 N–H and O–H groups in total. The van der Waals surface area contributed by atoms with Gasteiger partial charge in [-0.25, -0.2) is 9.59 Å². The van der Waals surface area contributed by atoms with Gasteiger partial charge in [0.15, 0.2) is 0 Å². The van der Waals surface area contributed by atoms with E-state index in [1.165, 1.54) is 0 Å². The normalized spacial score (nSPS) is 10.9. The quantitative estimate of drug-likeness (QED) is 0.456. The van der Waals surface area contributed by atoms with Gasteiger partial charge in [-0.2, -0.15) is 0 Å². The third-order valence-electron chi connectivity index (χ3n) is 2.53. The highest BCUT2D eigenvalue weighted by molar-refractivity contribution is 6.71. The molecule has 0 bridgehead atoms. The number of ether oxygens (including phenoxy) is 1. The first-order valence-corrected chi connectivity index (χ1v) is 10.3. The summed E-state index contributed by atoms with van der Waals surface area (Å²) in [4.78, 5) is 24.2. The van der Waals surface area contributed by atoms with Crippen LogP contribution in [0, 0.1) is 0 Å². The van der Waals surface area contributed by atoms with Gasteiger partial charge in [0.25, 0.3) is 0 Å². The molecule has 0 amide bonds. The van der Waals surface area contributed by atoms with E-state index in [4.69, 9.17) is 9.16 Å². The largest absolute Gasteiger partial charge is 0.516 e. The van der Waals surface area contributed by atoms with Gasteiger partial charge in [-0.3, -0.25) is 0 Å². The highest BCUT2D eigenvalue weighted by atomic mass is 28.4. The first kappa shape index (κ1) is 17.2. The number of rotatable bonds is 6. The van der Waals surface area contributed by atoms with Crippen LogP contribution in [0.15, 0.2) is 36.4 Å². The molecule has 0 atom stereocenters. The minimum atomic E-state index is -2.01. The van der Waals surface area contributed by atoms with Crippen LogP contribution in [0.3, 0.4) is 0 Å². The Kier molecular flexibility index (Phi) is 5.90. The maximum Gasteiger partial charge on any atom is 0.339 e. The molecule has 1 aromatic rings. The molecule has 0 heterocycles. The second-order valence-electron chi connectivity index (χ2n) is 5.89. The van der Waals surface area contributed by atoms with Gasteiger partial charge in [0.05, 0.1) is 17.7 Å². The minimum absolute atomic E-state index is 0.238. The van der Waals surface area contributed by atoms with Crippen molar-refractivity contribution < 1.29 is 18.8 Å². The summed E-state index contributed by atoms with van der Waals surface area (Å²) in [7, 11) is -2.01. The van der Waals surface area contributed by atoms with Gasteiger partial charge in [0.1, 0.15) is 0 Å². The highest BCUT2D eigenvalue weighted by Gasteiger charge is 2.24. The van der Waals surface area contributed by atoms with Crippen molar-refractivity contribution in [3.8, 4) is 0 Å². The summed E-state index contributed by atoms with van der Waals surface area (Å²) < 4.78 is 10.6. The zero-order valence-corrected chi connectivity index (χ0v) is 14.1. The summed E-state index contributed by atoms with van der Waals surface area (Å²) in [6.07, 6.45) is 0.604. The molecule has 5 heteroatoms. The van der Waals surface area contributed by atoms with Crippen molar-refractivity contribution in [2.45, 2.75) is 33.0 Å². The monoisotopic (exact) mass is 306 g/mol. The summed E-state index contributed by atoms with van der Waals surface area (Å²) in [6.45, 7) is 11.6. The van der Waals surface area contributed by atoms with Crippen molar-refractivity contribution in [3.63, 3.8) is 0 Å². The molecule has 0 spiro atoms. The molecule has 1 aromatic carbocycles. The van der Waals surface area contributed by atoms with Gasteiger partial charge in [-0.1, -0.05) is 17.7 Å². The molecular weight excluding hydrogens is 284 g/mol. The standard InChI is InChI=1S/C16H22O4Si/c1-12(2)10-11-19-15(17)13-8-6-7-9-14(13)16(18)20-21(3,4)5/h6-9H,1,10-11H2,2-5H3. The molecule has 0 saturated heterocycles. The van der Waals surface area contributed by atoms with Crippen molar-refractivity contribution in [1.29, 1.82) is 0 Å². The van der Waals surface area contributed by atoms with Crippen LogP contribution in [0.25, 0.3) is 0 Å². The predicted molar refractivity (Wildman–Crippen MR) is 84.9 cm³/mol. The maximum absolute atomic E-state index is 12.2. The Bertz CT molecular complexity index is 543. The summed E-state index contributed by atoms with van der Waals surface area (Å²) in [5.41, 5.74) is 1.43. The van der Waals surface area contributed by atoms with Gasteiger partial charge >= 0.3 is 11.9 Å². The summed E-state index contributed by atoms with van der Waals surface area (Å²) in [5, 5.41) is 0. The number of esters is 1. The van der Waals surface area contributed by atoms with Crippen molar-refractivity contribution >= 4 is 20.3 Å². The van der Waals surface area contributed by atoms with E-state index in [1.807, 2.05) is 26.6 Å². The maximum atomic E-state index is 12.2. The first-order chi connectivity index (χ1) is 9.70. The Labute approximate surface area is 126 Å². The van der Waals surface area contributed by atoms with Crippen molar-refractivity contribution in [2.75, 3.05) is 6.61 Å². The van der Waals surface area contributed by atoms with Gasteiger partial charge in [-0.05, 0) is 38.7 Å². The van der Waals surface area contributed by atoms with Crippen LogP contribution in [-0.4, -0.2) is 26.9 Å². The Hall–Kier alpha value is -1.88. The predicted octanol–water partition coefficient (Wildman–Crippen LogP) is 3.80. The van der Waals surface area contributed by atoms with E-state index in [0.717, 1.165) is 5.57 Å². The fraction of sp³-hybridized carbons (Fsp3) is 0.375. The third-order valence-corrected chi connectivity index (χ3v) is 3.33. The lowest BCUT2D eigenvalue weighted by molar-refractivity contribution is 0.0500. The molecule has 0 unspecified atom stereocenters. The zero-order valence-electron chi connectivity index (χ0n) is 13.1. The third kappa shape index (κ3) is 5.95. The molecular formula is C16H22O4Si. The minimum Gasteiger partial charge on any atom is -0.516 e. The van der Waals surface area contributed by atoms with E-state index in [0.29, 0.717) is 6.42 Å². The number of carbonyl (C=O) groups excluding carboxylic acids is 2. The van der Waals surface area contributed by atoms with Crippen LogP contribution in [0.1, 0.15) is 34.1 Å². The van der Waals surface area contributed by atoms with Crippen molar-refractivity contribution in [2.24, 2.45) is 0 Å². The van der Waals surface area contributed by atoms with E-state index >= 15 is 0 Å². The fourth-order valence-electron chi connectivity index (χ4n) is 1.57. The van der Waals surface area contributed by atoms with Crippen LogP contribution < -0.4 is 0 Å². The van der Waals surface area contributed by atoms with E-state index in [2.05, 4.69) is 6.58 Å². The number of carbonyl (C=O) groups is 2. The van der Waals surface area contributed by atoms with E-state index in [9.17, 15) is 9.59 Å². The Morgan fingerprint density at radius 2 is 1.62 bits per heavy atom. The van der Waals surface area contributed by atoms with E-state index in [1.54, 1.807) is 24.3 Å². The first-order valence-electron chi connectivity index (χ1n) is 6.84. The lowest BCUT2D eigenvalue weighted by atomic mass is 10.1. The summed E-state index contributed by atoms with van der Waals surface area (Å²) >= 11 is 0. The molecule has 0 radical (unpaired) electrons. The Morgan fingerprint density at radius 3 is 2.10 bits per heavy atom. The molecule has 0 aromatic heterocycles. The number of hydrogen-bond donors (Lipinski definition) is 0. The Balaban J connectivity index is 2.86. The van der Waals surface area contributed by atoms with Crippen LogP contribution >= 0.6 is 0 Å². The second-order valence-corrected chi connectivity index (χ2v) is 10.3. The molecule has 0 aliphatic carbocycles. The molecule has 0 aliphatic heterocycles. The van der Waals surface area contributed by atoms with Crippen molar-refractivity contribution in [3.05, 3.63) is 47.5 Å². The molecule has 0 aliphatic rings. The average molecular weight is 306 g/mol. The van der Waals surface area contributed by atoms with Gasteiger partial charge in [0.2, 0.25) is 8.32 Å². The van der Waals surface area contributed by atoms with Crippen LogP contribution in [0.4, 0.5) is 0 Å². The molecule has 0 fully saturated rings. The SMILES string of the molecule is C=C(C)CCOC(=O)c1ccccc1C(=O)O[Si](C)(C)C. The van der Waals surface area contributed by atoms with Crippen LogP contribution in [0.5, 0.6) is 0 Å². The molecule has 21 heavy (non-hydrogen) atoms. The topological polar surface area (TPSA) is 52.6 Å². The van der Waals surface area contributed by atoms with Crippen LogP contribution in [0.2, 0.25) is 19.6 Å². The van der Waals surface area contributed by atoms with Crippen molar-refractivity contribution in [1.82, 2.24) is 0 Å². The smallest absolute Gasteiger partial charge is 0.339 e.